The topological polar surface area (TPSA) is 445 Å². The first-order chi connectivity index (χ1) is 48.1. The number of imide groups is 1. The van der Waals surface area contributed by atoms with Gasteiger partial charge in [0.15, 0.2) is 0 Å². The highest BCUT2D eigenvalue weighted by Gasteiger charge is 2.36. The summed E-state index contributed by atoms with van der Waals surface area (Å²) in [4.78, 5) is 133. The van der Waals surface area contributed by atoms with Gasteiger partial charge in [-0.1, -0.05) is 43.9 Å². The minimum Gasteiger partial charge on any atom is -0.443 e. The minimum atomic E-state index is -1.06. The number of halogens is 2. The van der Waals surface area contributed by atoms with E-state index < -0.39 is 58.6 Å². The lowest BCUT2D eigenvalue weighted by atomic mass is 10.2. The van der Waals surface area contributed by atoms with Gasteiger partial charge in [-0.15, -0.1) is 0 Å². The number of amides is 5. The Morgan fingerprint density at radius 1 is 0.524 bits per heavy atom. The number of pyridine rings is 6. The Bertz CT molecular complexity index is 4420. The molecule has 0 atom stereocenters. The van der Waals surface area contributed by atoms with Gasteiger partial charge in [-0.05, 0) is 184 Å². The van der Waals surface area contributed by atoms with Gasteiger partial charge in [-0.2, -0.15) is 4.57 Å². The number of hydrogen-bond acceptors (Lipinski definition) is 23. The summed E-state index contributed by atoms with van der Waals surface area (Å²) in [5.41, 5.74) is 25.1. The molecule has 11 rings (SSSR count). The molecule has 0 aromatic carbocycles. The van der Waals surface area contributed by atoms with Crippen LogP contribution in [0.2, 0.25) is 5.28 Å². The number of aromatic amines is 1. The van der Waals surface area contributed by atoms with Crippen molar-refractivity contribution in [3.05, 3.63) is 148 Å². The average molecular weight is 1590 g/mol. The number of imidazole rings is 3. The van der Waals surface area contributed by atoms with E-state index in [9.17, 15) is 38.4 Å². The molecule has 11 heterocycles. The van der Waals surface area contributed by atoms with Gasteiger partial charge in [0.1, 0.15) is 27.9 Å². The first-order valence-corrected chi connectivity index (χ1v) is 34.1. The number of hydrogen-bond donors (Lipinski definition) is 6. The predicted octanol–water partition coefficient (Wildman–Crippen LogP) is 13.6. The van der Waals surface area contributed by atoms with Crippen LogP contribution in [0.4, 0.5) is 46.7 Å². The fraction of sp³-hybridized carbons (Fsp3) is 0.437. The number of carbonyl (C=O) groups excluding carboxylic acids is 7. The number of nitrogen functional groups attached to an aromatic ring is 2. The SMILES string of the molecule is C.CC(C)(C)OC(=O)N1C(=O)Cc2ccncc21.CC(C)(C)OC(=O)OC(=O)OC(C)(C)C.CC(C)I.CC(C)n1c(=O)[nH]c2cnccc21.CC(C)n1c(=O)n(C(=O)OC(C)(C)C)c2cnccc21.CC(C)n1c(Cl)nc2cnccc21.NC(N)=O.Nc1ccncc1N.O=C1Cc2ccncc2N1. The van der Waals surface area contributed by atoms with E-state index in [1.807, 2.05) is 50.5 Å². The highest BCUT2D eigenvalue weighted by molar-refractivity contribution is 14.1. The van der Waals surface area contributed by atoms with Gasteiger partial charge in [0.2, 0.25) is 17.1 Å². The lowest BCUT2D eigenvalue weighted by molar-refractivity contribution is -0.117. The molecule has 32 nitrogen and oxygen atoms in total. The Kier molecular flexibility index (Phi) is 34.9. The number of nitrogens with zero attached hydrogens (tertiary/aromatic N) is 12. The van der Waals surface area contributed by atoms with Crippen LogP contribution in [0, 0.1) is 0 Å². The van der Waals surface area contributed by atoms with Crippen molar-refractivity contribution in [2.24, 2.45) is 11.5 Å². The van der Waals surface area contributed by atoms with E-state index in [1.54, 1.807) is 166 Å². The summed E-state index contributed by atoms with van der Waals surface area (Å²) in [5.74, 6) is -0.217. The van der Waals surface area contributed by atoms with Gasteiger partial charge in [-0.25, -0.2) is 43.4 Å². The number of fused-ring (bicyclic) bond motifs is 5. The fourth-order valence-electron chi connectivity index (χ4n) is 8.69. The monoisotopic (exact) mass is 1590 g/mol. The molecule has 0 aliphatic carbocycles. The van der Waals surface area contributed by atoms with Crippen LogP contribution in [0.25, 0.3) is 33.1 Å². The molecule has 0 unspecified atom stereocenters. The van der Waals surface area contributed by atoms with Crippen molar-refractivity contribution in [3.63, 3.8) is 0 Å². The summed E-state index contributed by atoms with van der Waals surface area (Å²) in [7, 11) is 0. The number of aromatic nitrogens is 12. The molecule has 0 spiro atoms. The van der Waals surface area contributed by atoms with Crippen molar-refractivity contribution < 1.29 is 57.2 Å². The quantitative estimate of drug-likeness (QED) is 0.0314. The average Bonchev–Trinajstić information content (AvgIpc) is 1.63. The number of alkyl halides is 1. The minimum absolute atomic E-state index is 0. The molecule has 2 aliphatic rings. The molecule has 5 amide bonds. The summed E-state index contributed by atoms with van der Waals surface area (Å²) in [6.45, 7) is 36.8. The number of H-pyrrole nitrogens is 1. The third kappa shape index (κ3) is 30.7. The summed E-state index contributed by atoms with van der Waals surface area (Å²) < 4.78 is 31.4. The molecule has 34 heteroatoms. The number of ether oxygens (including phenoxy) is 5. The van der Waals surface area contributed by atoms with Crippen molar-refractivity contribution in [2.45, 2.75) is 203 Å². The second-order valence-corrected chi connectivity index (χ2v) is 30.4. The van der Waals surface area contributed by atoms with Gasteiger partial charge >= 0.3 is 41.9 Å². The fourth-order valence-corrected chi connectivity index (χ4v) is 9.07. The van der Waals surface area contributed by atoms with Crippen molar-refractivity contribution in [1.29, 1.82) is 0 Å². The van der Waals surface area contributed by atoms with Gasteiger partial charge in [0.25, 0.3) is 0 Å². The molecule has 105 heavy (non-hydrogen) atoms. The molecular formula is C71H100ClIN18O14. The predicted molar refractivity (Wildman–Crippen MR) is 414 cm³/mol. The van der Waals surface area contributed by atoms with E-state index in [2.05, 4.69) is 112 Å². The van der Waals surface area contributed by atoms with E-state index in [0.717, 1.165) is 52.3 Å². The molecule has 0 fully saturated rings. The lowest BCUT2D eigenvalue weighted by Gasteiger charge is -2.23. The number of urea groups is 1. The third-order valence-electron chi connectivity index (χ3n) is 12.4. The van der Waals surface area contributed by atoms with Crippen molar-refractivity contribution >= 4 is 132 Å². The van der Waals surface area contributed by atoms with Crippen molar-refractivity contribution in [2.75, 3.05) is 21.7 Å². The molecule has 9 aromatic heterocycles. The van der Waals surface area contributed by atoms with E-state index in [4.69, 9.17) is 46.8 Å². The first-order valence-electron chi connectivity index (χ1n) is 32.4. The van der Waals surface area contributed by atoms with Crippen LogP contribution in [0.3, 0.4) is 0 Å². The smallest absolute Gasteiger partial charge is 0.443 e. The van der Waals surface area contributed by atoms with Crippen molar-refractivity contribution in [1.82, 2.24) is 58.1 Å². The van der Waals surface area contributed by atoms with Crippen LogP contribution < -0.4 is 44.5 Å². The van der Waals surface area contributed by atoms with Gasteiger partial charge in [0, 0.05) is 59.2 Å². The van der Waals surface area contributed by atoms with Crippen LogP contribution in [-0.4, -0.2) is 127 Å². The largest absolute Gasteiger partial charge is 0.519 e. The standard InChI is InChI=1S/C14H19N3O3.C12H14N2O3.C10H18O5.C9H10ClN3.C9H11N3O.C7H6N2O.C5H7N3.C3H7I.CH4N2O.CH4/c1-9(2)16-10-6-7-15-8-11(10)17(12(16)18)13(19)20-14(3,4)5;1-12(2,3)17-11(16)14-9-7-13-5-4-8(9)6-10(14)15;1-9(2,3)14-7(11)13-8(12)15-10(4,5)6;1-6(2)13-8-3-4-11-5-7(8)12-9(13)10;1-6(2)12-8-3-4-10-5-7(8)11-9(12)13;10-7-3-5-1-2-8-4-6(5)9-7;6-4-1-2-8-3-5(4)7;1-3(2)4;2-1(3)4;/h6-9H,1-5H3;4-5,7H,6H2,1-3H3;1-6H3;3-6H,1-2H3;3-6H,1-2H3,(H,11,13);1-2,4H,3H2,(H,9,10);1-3H,7H2,(H2,6,8);3H,1-2H3;(H4,2,3,4);1H4. The Morgan fingerprint density at radius 3 is 1.45 bits per heavy atom. The maximum Gasteiger partial charge on any atom is 0.519 e. The highest BCUT2D eigenvalue weighted by atomic mass is 127. The van der Waals surface area contributed by atoms with Gasteiger partial charge < -0.3 is 61.5 Å². The van der Waals surface area contributed by atoms with Crippen LogP contribution in [-0.2, 0) is 46.1 Å². The normalized spacial score (nSPS) is 11.8. The number of primary amides is 2. The number of nitrogens with two attached hydrogens (primary N) is 4. The second-order valence-electron chi connectivity index (χ2n) is 27.5. The maximum absolute atomic E-state index is 12.5. The number of rotatable bonds is 3. The molecule has 572 valence electrons. The Hall–Kier alpha value is -10.6. The van der Waals surface area contributed by atoms with Crippen molar-refractivity contribution in [3.8, 4) is 0 Å². The summed E-state index contributed by atoms with van der Waals surface area (Å²) in [5, 5.41) is 3.22. The summed E-state index contributed by atoms with van der Waals surface area (Å²) >= 11 is 8.33. The number of nitrogens with one attached hydrogen (secondary N) is 2. The highest BCUT2D eigenvalue weighted by Crippen LogP contribution is 2.30. The van der Waals surface area contributed by atoms with E-state index >= 15 is 0 Å². The zero-order valence-corrected chi connectivity index (χ0v) is 65.2. The van der Waals surface area contributed by atoms with Crippen LogP contribution in [0.15, 0.2) is 120 Å². The molecule has 9 aromatic rings. The van der Waals surface area contributed by atoms with Crippen LogP contribution in [0.1, 0.15) is 175 Å². The molecule has 10 N–H and O–H groups in total. The summed E-state index contributed by atoms with van der Waals surface area (Å²) in [6, 6.07) is 10.3. The Morgan fingerprint density at radius 2 is 0.962 bits per heavy atom. The number of carbonyl (C=O) groups is 7. The second kappa shape index (κ2) is 40.5. The Labute approximate surface area is 628 Å². The molecule has 0 saturated heterocycles. The van der Waals surface area contributed by atoms with Gasteiger partial charge in [-0.3, -0.25) is 48.6 Å². The molecule has 0 bridgehead atoms. The Balaban J connectivity index is 0.000000413. The zero-order chi connectivity index (χ0) is 78.9. The maximum atomic E-state index is 12.5. The molecule has 0 radical (unpaired) electrons. The lowest BCUT2D eigenvalue weighted by Crippen LogP contribution is -2.38. The summed E-state index contributed by atoms with van der Waals surface area (Å²) in [6.07, 6.45) is 16.8. The third-order valence-corrected chi connectivity index (χ3v) is 12.7. The van der Waals surface area contributed by atoms with E-state index in [-0.39, 0.29) is 43.4 Å². The zero-order valence-electron chi connectivity index (χ0n) is 62.3. The van der Waals surface area contributed by atoms with Crippen LogP contribution in [0.5, 0.6) is 0 Å². The van der Waals surface area contributed by atoms with Crippen LogP contribution >= 0.6 is 34.2 Å². The molecule has 2 aliphatic heterocycles. The van der Waals surface area contributed by atoms with E-state index in [1.165, 1.54) is 18.6 Å². The molecule has 0 saturated carbocycles. The van der Waals surface area contributed by atoms with E-state index in [0.29, 0.717) is 45.8 Å². The first kappa shape index (κ1) is 90.5. The molecular weight excluding hydrogens is 1490 g/mol. The van der Waals surface area contributed by atoms with Gasteiger partial charge in [0.05, 0.1) is 100 Å². The number of anilines is 4.